The van der Waals surface area contributed by atoms with Crippen molar-refractivity contribution in [2.24, 2.45) is 0 Å². The molecular weight excluding hydrogens is 302 g/mol. The van der Waals surface area contributed by atoms with Gasteiger partial charge in [0.25, 0.3) is 0 Å². The summed E-state index contributed by atoms with van der Waals surface area (Å²) in [5.41, 5.74) is 0.414. The van der Waals surface area contributed by atoms with Gasteiger partial charge in [-0.1, -0.05) is 6.07 Å². The van der Waals surface area contributed by atoms with Gasteiger partial charge in [0.15, 0.2) is 17.3 Å². The van der Waals surface area contributed by atoms with Crippen LogP contribution in [-0.2, 0) is 4.79 Å². The highest BCUT2D eigenvalue weighted by Crippen LogP contribution is 2.50. The lowest BCUT2D eigenvalue weighted by molar-refractivity contribution is -0.117. The van der Waals surface area contributed by atoms with Crippen molar-refractivity contribution >= 4 is 11.8 Å². The van der Waals surface area contributed by atoms with E-state index in [-0.39, 0.29) is 17.6 Å². The molecule has 1 aromatic carbocycles. The highest BCUT2D eigenvalue weighted by molar-refractivity contribution is 5.96. The average molecular weight is 319 g/mol. The van der Waals surface area contributed by atoms with Crippen molar-refractivity contribution in [1.29, 1.82) is 0 Å². The minimum Gasteiger partial charge on any atom is -0.502 e. The summed E-state index contributed by atoms with van der Waals surface area (Å²) in [4.78, 5) is 13.2. The zero-order chi connectivity index (χ0) is 16.6. The molecule has 2 aromatic rings. The van der Waals surface area contributed by atoms with Gasteiger partial charge in [0.1, 0.15) is 0 Å². The SMILES string of the molecule is COc1cccc(-c2oc(N3CCCC3=O)c(O)c2O)c1OC. The van der Waals surface area contributed by atoms with E-state index in [4.69, 9.17) is 13.9 Å². The third-order valence-corrected chi connectivity index (χ3v) is 3.81. The average Bonchev–Trinajstić information content (AvgIpc) is 3.11. The Labute approximate surface area is 132 Å². The lowest BCUT2D eigenvalue weighted by Crippen LogP contribution is -2.23. The second-order valence-corrected chi connectivity index (χ2v) is 5.12. The first-order valence-corrected chi connectivity index (χ1v) is 7.15. The molecule has 1 saturated heterocycles. The molecule has 0 aliphatic carbocycles. The molecule has 1 fully saturated rings. The van der Waals surface area contributed by atoms with Gasteiger partial charge >= 0.3 is 0 Å². The van der Waals surface area contributed by atoms with Crippen LogP contribution in [0.3, 0.4) is 0 Å². The molecule has 3 rings (SSSR count). The second-order valence-electron chi connectivity index (χ2n) is 5.12. The zero-order valence-corrected chi connectivity index (χ0v) is 12.8. The van der Waals surface area contributed by atoms with Crippen LogP contribution >= 0.6 is 0 Å². The van der Waals surface area contributed by atoms with Gasteiger partial charge in [-0.15, -0.1) is 0 Å². The summed E-state index contributed by atoms with van der Waals surface area (Å²) in [7, 11) is 2.96. The number of ether oxygens (including phenoxy) is 2. The van der Waals surface area contributed by atoms with Crippen LogP contribution in [0, 0.1) is 0 Å². The molecule has 23 heavy (non-hydrogen) atoms. The number of amides is 1. The van der Waals surface area contributed by atoms with E-state index in [1.54, 1.807) is 18.2 Å². The van der Waals surface area contributed by atoms with Crippen LogP contribution in [0.1, 0.15) is 12.8 Å². The fraction of sp³-hybridized carbons (Fsp3) is 0.312. The minimum atomic E-state index is -0.458. The molecule has 122 valence electrons. The Bertz CT molecular complexity index is 751. The summed E-state index contributed by atoms with van der Waals surface area (Å²) >= 11 is 0. The van der Waals surface area contributed by atoms with Crippen LogP contribution in [0.2, 0.25) is 0 Å². The predicted molar refractivity (Wildman–Crippen MR) is 82.2 cm³/mol. The van der Waals surface area contributed by atoms with E-state index in [0.29, 0.717) is 36.4 Å². The number of anilines is 1. The summed E-state index contributed by atoms with van der Waals surface area (Å²) in [6.45, 7) is 0.439. The fourth-order valence-corrected chi connectivity index (χ4v) is 2.70. The smallest absolute Gasteiger partial charge is 0.249 e. The van der Waals surface area contributed by atoms with Crippen molar-refractivity contribution in [3.05, 3.63) is 18.2 Å². The number of rotatable bonds is 4. The van der Waals surface area contributed by atoms with Crippen molar-refractivity contribution in [2.45, 2.75) is 12.8 Å². The van der Waals surface area contributed by atoms with Crippen molar-refractivity contribution in [3.8, 4) is 34.3 Å². The second kappa shape index (κ2) is 5.75. The number of benzene rings is 1. The molecule has 1 amide bonds. The predicted octanol–water partition coefficient (Wildman–Crippen LogP) is 2.50. The number of methoxy groups -OCH3 is 2. The monoisotopic (exact) mass is 319 g/mol. The highest BCUT2D eigenvalue weighted by Gasteiger charge is 2.32. The number of aromatic hydroxyl groups is 2. The summed E-state index contributed by atoms with van der Waals surface area (Å²) in [6.07, 6.45) is 1.07. The summed E-state index contributed by atoms with van der Waals surface area (Å²) in [6, 6.07) is 5.07. The molecule has 0 atom stereocenters. The Balaban J connectivity index is 2.13. The first-order valence-electron chi connectivity index (χ1n) is 7.15. The molecule has 0 spiro atoms. The van der Waals surface area contributed by atoms with Crippen molar-refractivity contribution in [1.82, 2.24) is 0 Å². The van der Waals surface area contributed by atoms with Crippen molar-refractivity contribution in [3.63, 3.8) is 0 Å². The van der Waals surface area contributed by atoms with Gasteiger partial charge in [-0.05, 0) is 18.6 Å². The number of para-hydroxylation sites is 1. The van der Waals surface area contributed by atoms with Crippen LogP contribution < -0.4 is 14.4 Å². The Kier molecular flexibility index (Phi) is 3.77. The van der Waals surface area contributed by atoms with Gasteiger partial charge in [0, 0.05) is 13.0 Å². The maximum absolute atomic E-state index is 11.8. The topological polar surface area (TPSA) is 92.4 Å². The van der Waals surface area contributed by atoms with Crippen LogP contribution in [0.5, 0.6) is 23.0 Å². The fourth-order valence-electron chi connectivity index (χ4n) is 2.70. The number of carbonyl (C=O) groups is 1. The van der Waals surface area contributed by atoms with E-state index in [0.717, 1.165) is 0 Å². The maximum atomic E-state index is 11.8. The third kappa shape index (κ3) is 2.34. The molecule has 0 radical (unpaired) electrons. The van der Waals surface area contributed by atoms with Crippen LogP contribution in [-0.4, -0.2) is 36.9 Å². The molecule has 7 nitrogen and oxygen atoms in total. The van der Waals surface area contributed by atoms with Crippen LogP contribution in [0.25, 0.3) is 11.3 Å². The van der Waals surface area contributed by atoms with Crippen LogP contribution in [0.15, 0.2) is 22.6 Å². The normalized spacial score (nSPS) is 14.3. The van der Waals surface area contributed by atoms with E-state index in [2.05, 4.69) is 0 Å². The largest absolute Gasteiger partial charge is 0.502 e. The van der Waals surface area contributed by atoms with Gasteiger partial charge in [-0.3, -0.25) is 9.69 Å². The van der Waals surface area contributed by atoms with Gasteiger partial charge < -0.3 is 24.1 Å². The standard InChI is InChI=1S/C16H17NO6/c1-21-10-6-3-5-9(14(10)22-2)15-12(19)13(20)16(23-15)17-8-4-7-11(17)18/h3,5-6,19-20H,4,7-8H2,1-2H3. The van der Waals surface area contributed by atoms with E-state index in [9.17, 15) is 15.0 Å². The van der Waals surface area contributed by atoms with E-state index in [1.165, 1.54) is 19.1 Å². The van der Waals surface area contributed by atoms with E-state index in [1.807, 2.05) is 0 Å². The summed E-state index contributed by atoms with van der Waals surface area (Å²) < 4.78 is 16.1. The van der Waals surface area contributed by atoms with Crippen molar-refractivity contribution in [2.75, 3.05) is 25.7 Å². The number of nitrogens with zero attached hydrogens (tertiary/aromatic N) is 1. The van der Waals surface area contributed by atoms with Crippen molar-refractivity contribution < 1.29 is 28.9 Å². The molecule has 1 aromatic heterocycles. The number of carbonyl (C=O) groups excluding carboxylic acids is 1. The number of hydrogen-bond acceptors (Lipinski definition) is 6. The number of hydrogen-bond donors (Lipinski definition) is 2. The molecule has 7 heteroatoms. The first-order chi connectivity index (χ1) is 11.1. The Morgan fingerprint density at radius 3 is 2.57 bits per heavy atom. The number of furan rings is 1. The van der Waals surface area contributed by atoms with Gasteiger partial charge in [-0.2, -0.15) is 0 Å². The summed E-state index contributed by atoms with van der Waals surface area (Å²) in [5, 5.41) is 20.4. The Morgan fingerprint density at radius 2 is 1.96 bits per heavy atom. The quantitative estimate of drug-likeness (QED) is 0.899. The van der Waals surface area contributed by atoms with Gasteiger partial charge in [0.05, 0.1) is 19.8 Å². The van der Waals surface area contributed by atoms with E-state index >= 15 is 0 Å². The van der Waals surface area contributed by atoms with Gasteiger partial charge in [-0.25, -0.2) is 0 Å². The molecule has 0 saturated carbocycles. The first kappa shape index (κ1) is 15.1. The van der Waals surface area contributed by atoms with Crippen LogP contribution in [0.4, 0.5) is 5.88 Å². The molecule has 0 unspecified atom stereocenters. The van der Waals surface area contributed by atoms with E-state index < -0.39 is 11.5 Å². The Hall–Kier alpha value is -2.83. The molecular formula is C16H17NO6. The molecule has 1 aliphatic heterocycles. The van der Waals surface area contributed by atoms with Gasteiger partial charge in [0.2, 0.25) is 23.3 Å². The molecule has 1 aliphatic rings. The zero-order valence-electron chi connectivity index (χ0n) is 12.8. The summed E-state index contributed by atoms with van der Waals surface area (Å²) in [5.74, 6) is -0.264. The molecule has 0 bridgehead atoms. The lowest BCUT2D eigenvalue weighted by Gasteiger charge is -2.12. The Morgan fingerprint density at radius 1 is 1.17 bits per heavy atom. The molecule has 2 heterocycles. The third-order valence-electron chi connectivity index (χ3n) is 3.81. The minimum absolute atomic E-state index is 0.0213. The molecule has 2 N–H and O–H groups in total. The maximum Gasteiger partial charge on any atom is 0.249 e. The lowest BCUT2D eigenvalue weighted by atomic mass is 10.1. The highest BCUT2D eigenvalue weighted by atomic mass is 16.5.